The fourth-order valence-electron chi connectivity index (χ4n) is 1.39. The molecule has 2 aromatic rings. The van der Waals surface area contributed by atoms with Crippen LogP contribution < -0.4 is 5.90 Å². The van der Waals surface area contributed by atoms with Crippen LogP contribution in [0.2, 0.25) is 0 Å². The van der Waals surface area contributed by atoms with Gasteiger partial charge in [-0.25, -0.2) is 5.90 Å². The normalized spacial score (nSPS) is 13.0. The van der Waals surface area contributed by atoms with E-state index in [1.807, 2.05) is 37.3 Å². The topological polar surface area (TPSA) is 48.1 Å². The van der Waals surface area contributed by atoms with Crippen molar-refractivity contribution >= 4 is 10.9 Å². The number of aromatic nitrogens is 1. The van der Waals surface area contributed by atoms with Crippen molar-refractivity contribution in [2.75, 3.05) is 0 Å². The third-order valence-electron chi connectivity index (χ3n) is 2.29. The number of benzene rings is 1. The Bertz CT molecular complexity index is 442. The Balaban J connectivity index is 2.51. The van der Waals surface area contributed by atoms with E-state index < -0.39 is 0 Å². The van der Waals surface area contributed by atoms with Crippen LogP contribution in [0.4, 0.5) is 0 Å². The summed E-state index contributed by atoms with van der Waals surface area (Å²) in [6.07, 6.45) is 1.67. The van der Waals surface area contributed by atoms with E-state index in [2.05, 4.69) is 4.98 Å². The van der Waals surface area contributed by atoms with Gasteiger partial charge in [-0.05, 0) is 19.1 Å². The maximum Gasteiger partial charge on any atom is 0.102 e. The van der Waals surface area contributed by atoms with E-state index in [0.29, 0.717) is 0 Å². The number of nitrogens with zero attached hydrogens (tertiary/aromatic N) is 1. The second-order valence-electron chi connectivity index (χ2n) is 3.24. The van der Waals surface area contributed by atoms with E-state index >= 15 is 0 Å². The van der Waals surface area contributed by atoms with Crippen molar-refractivity contribution in [1.82, 2.24) is 4.98 Å². The number of nitrogens with two attached hydrogens (primary N) is 1. The van der Waals surface area contributed by atoms with Crippen molar-refractivity contribution in [3.8, 4) is 0 Å². The molecule has 3 nitrogen and oxygen atoms in total. The SMILES string of the molecule is CC(ON)c1cnc2ccccc2c1. The smallest absolute Gasteiger partial charge is 0.102 e. The van der Waals surface area contributed by atoms with Crippen LogP contribution in [-0.2, 0) is 4.84 Å². The Labute approximate surface area is 82.5 Å². The average Bonchev–Trinajstić information content (AvgIpc) is 2.27. The highest BCUT2D eigenvalue weighted by molar-refractivity contribution is 5.78. The molecule has 0 radical (unpaired) electrons. The summed E-state index contributed by atoms with van der Waals surface area (Å²) < 4.78 is 0. The van der Waals surface area contributed by atoms with Crippen LogP contribution in [0.3, 0.4) is 0 Å². The zero-order valence-electron chi connectivity index (χ0n) is 7.97. The van der Waals surface area contributed by atoms with E-state index in [1.54, 1.807) is 6.20 Å². The van der Waals surface area contributed by atoms with Gasteiger partial charge < -0.3 is 0 Å². The molecular weight excluding hydrogens is 176 g/mol. The van der Waals surface area contributed by atoms with Gasteiger partial charge >= 0.3 is 0 Å². The van der Waals surface area contributed by atoms with Crippen LogP contribution in [-0.4, -0.2) is 4.98 Å². The zero-order valence-corrected chi connectivity index (χ0v) is 7.97. The fraction of sp³-hybridized carbons (Fsp3) is 0.182. The molecule has 0 aliphatic heterocycles. The lowest BCUT2D eigenvalue weighted by Gasteiger charge is -2.08. The molecular formula is C11H12N2O. The van der Waals surface area contributed by atoms with E-state index in [9.17, 15) is 0 Å². The van der Waals surface area contributed by atoms with Crippen molar-refractivity contribution in [2.45, 2.75) is 13.0 Å². The first-order valence-electron chi connectivity index (χ1n) is 4.51. The minimum atomic E-state index is -0.118. The summed E-state index contributed by atoms with van der Waals surface area (Å²) in [6.45, 7) is 1.89. The lowest BCUT2D eigenvalue weighted by atomic mass is 10.1. The quantitative estimate of drug-likeness (QED) is 0.735. The Morgan fingerprint density at radius 2 is 2.14 bits per heavy atom. The summed E-state index contributed by atoms with van der Waals surface area (Å²) in [5, 5.41) is 1.11. The molecule has 2 N–H and O–H groups in total. The van der Waals surface area contributed by atoms with Crippen LogP contribution >= 0.6 is 0 Å². The third-order valence-corrected chi connectivity index (χ3v) is 2.29. The maximum atomic E-state index is 5.12. The van der Waals surface area contributed by atoms with E-state index in [-0.39, 0.29) is 6.10 Å². The highest BCUT2D eigenvalue weighted by atomic mass is 16.6. The van der Waals surface area contributed by atoms with Crippen molar-refractivity contribution < 1.29 is 4.84 Å². The summed E-state index contributed by atoms with van der Waals surface area (Å²) in [7, 11) is 0. The second kappa shape index (κ2) is 3.74. The van der Waals surface area contributed by atoms with Gasteiger partial charge in [0.15, 0.2) is 0 Å². The third kappa shape index (κ3) is 1.60. The van der Waals surface area contributed by atoms with E-state index in [0.717, 1.165) is 16.5 Å². The number of hydrogen-bond acceptors (Lipinski definition) is 3. The van der Waals surface area contributed by atoms with Crippen molar-refractivity contribution in [1.29, 1.82) is 0 Å². The molecule has 1 atom stereocenters. The van der Waals surface area contributed by atoms with Crippen LogP contribution in [0.5, 0.6) is 0 Å². The zero-order chi connectivity index (χ0) is 9.97. The minimum absolute atomic E-state index is 0.118. The Hall–Kier alpha value is -1.45. The summed E-state index contributed by atoms with van der Waals surface area (Å²) >= 11 is 0. The average molecular weight is 188 g/mol. The maximum absolute atomic E-state index is 5.12. The molecule has 0 aliphatic carbocycles. The number of para-hydroxylation sites is 1. The Morgan fingerprint density at radius 3 is 2.93 bits per heavy atom. The molecule has 2 rings (SSSR count). The van der Waals surface area contributed by atoms with Gasteiger partial charge in [-0.1, -0.05) is 18.2 Å². The Kier molecular flexibility index (Phi) is 2.43. The highest BCUT2D eigenvalue weighted by Gasteiger charge is 2.05. The fourth-order valence-corrected chi connectivity index (χ4v) is 1.39. The van der Waals surface area contributed by atoms with Gasteiger partial charge in [0.05, 0.1) is 5.52 Å². The predicted octanol–water partition coefficient (Wildman–Crippen LogP) is 2.19. The lowest BCUT2D eigenvalue weighted by molar-refractivity contribution is 0.0663. The molecule has 0 fully saturated rings. The summed E-state index contributed by atoms with van der Waals surface area (Å²) in [5.41, 5.74) is 1.98. The lowest BCUT2D eigenvalue weighted by Crippen LogP contribution is -2.05. The second-order valence-corrected chi connectivity index (χ2v) is 3.24. The number of rotatable bonds is 2. The minimum Gasteiger partial charge on any atom is -0.297 e. The first kappa shape index (κ1) is 9.12. The molecule has 72 valence electrons. The van der Waals surface area contributed by atoms with Gasteiger partial charge in [-0.2, -0.15) is 0 Å². The van der Waals surface area contributed by atoms with Crippen LogP contribution in [0.15, 0.2) is 36.5 Å². The van der Waals surface area contributed by atoms with Crippen molar-refractivity contribution in [3.63, 3.8) is 0 Å². The molecule has 0 aliphatic rings. The van der Waals surface area contributed by atoms with Crippen molar-refractivity contribution in [2.24, 2.45) is 5.90 Å². The van der Waals surface area contributed by atoms with Crippen LogP contribution in [0, 0.1) is 0 Å². The summed E-state index contributed by atoms with van der Waals surface area (Å²) in [5.74, 6) is 5.12. The molecule has 0 saturated carbocycles. The van der Waals surface area contributed by atoms with E-state index in [1.165, 1.54) is 0 Å². The highest BCUT2D eigenvalue weighted by Crippen LogP contribution is 2.18. The van der Waals surface area contributed by atoms with Gasteiger partial charge in [0.25, 0.3) is 0 Å². The number of hydrogen-bond donors (Lipinski definition) is 1. The predicted molar refractivity (Wildman–Crippen MR) is 55.4 cm³/mol. The molecule has 0 amide bonds. The van der Waals surface area contributed by atoms with E-state index in [4.69, 9.17) is 10.7 Å². The standard InChI is InChI=1S/C11H12N2O/c1-8(14-12)10-6-9-4-2-3-5-11(9)13-7-10/h2-8H,12H2,1H3. The molecule has 1 aromatic carbocycles. The molecule has 1 aromatic heterocycles. The first-order valence-corrected chi connectivity index (χ1v) is 4.51. The van der Waals surface area contributed by atoms with Gasteiger partial charge in [-0.15, -0.1) is 0 Å². The van der Waals surface area contributed by atoms with Gasteiger partial charge in [-0.3, -0.25) is 9.82 Å². The summed E-state index contributed by atoms with van der Waals surface area (Å²) in [6, 6.07) is 10.0. The molecule has 1 heterocycles. The molecule has 0 saturated heterocycles. The van der Waals surface area contributed by atoms with Gasteiger partial charge in [0, 0.05) is 17.1 Å². The largest absolute Gasteiger partial charge is 0.297 e. The van der Waals surface area contributed by atoms with Gasteiger partial charge in [0.1, 0.15) is 6.10 Å². The molecule has 0 spiro atoms. The van der Waals surface area contributed by atoms with Crippen LogP contribution in [0.25, 0.3) is 10.9 Å². The molecule has 14 heavy (non-hydrogen) atoms. The Morgan fingerprint density at radius 1 is 1.36 bits per heavy atom. The molecule has 0 bridgehead atoms. The number of pyridine rings is 1. The molecule has 1 unspecified atom stereocenters. The monoisotopic (exact) mass is 188 g/mol. The summed E-state index contributed by atoms with van der Waals surface area (Å²) in [4.78, 5) is 9.06. The van der Waals surface area contributed by atoms with Crippen LogP contribution in [0.1, 0.15) is 18.6 Å². The molecule has 3 heteroatoms. The number of fused-ring (bicyclic) bond motifs is 1. The first-order chi connectivity index (χ1) is 6.81. The van der Waals surface area contributed by atoms with Crippen molar-refractivity contribution in [3.05, 3.63) is 42.1 Å². The van der Waals surface area contributed by atoms with Gasteiger partial charge in [0.2, 0.25) is 0 Å².